The molecule has 8 rings (SSSR count). The average Bonchev–Trinajstić information content (AvgIpc) is 3.58. The van der Waals surface area contributed by atoms with Crippen molar-refractivity contribution in [2.75, 3.05) is 12.8 Å². The summed E-state index contributed by atoms with van der Waals surface area (Å²) < 4.78 is 8.66. The van der Waals surface area contributed by atoms with E-state index in [0.717, 1.165) is 77.8 Å². The van der Waals surface area contributed by atoms with Crippen LogP contribution < -0.4 is 10.5 Å². The molecule has 1 saturated carbocycles. The number of piperidine rings is 1. The van der Waals surface area contributed by atoms with Gasteiger partial charge in [0.1, 0.15) is 5.82 Å². The van der Waals surface area contributed by atoms with E-state index >= 15 is 0 Å². The van der Waals surface area contributed by atoms with Crippen LogP contribution in [0.25, 0.3) is 28.0 Å². The zero-order chi connectivity index (χ0) is 29.2. The van der Waals surface area contributed by atoms with Crippen molar-refractivity contribution in [2.45, 2.75) is 62.4 Å². The average molecular weight is 576 g/mol. The topological polar surface area (TPSA) is 129 Å². The van der Waals surface area contributed by atoms with Crippen LogP contribution in [0.3, 0.4) is 0 Å². The van der Waals surface area contributed by atoms with Crippen LogP contribution in [0.2, 0.25) is 0 Å². The third-order valence-electron chi connectivity index (χ3n) is 9.44. The van der Waals surface area contributed by atoms with E-state index in [1.54, 1.807) is 16.1 Å². The number of hydrogen-bond acceptors (Lipinski definition) is 8. The highest BCUT2D eigenvalue weighted by molar-refractivity contribution is 5.91. The summed E-state index contributed by atoms with van der Waals surface area (Å²) in [5.41, 5.74) is 13.7. The van der Waals surface area contributed by atoms with Gasteiger partial charge in [-0.3, -0.25) is 14.3 Å². The highest BCUT2D eigenvalue weighted by Gasteiger charge is 2.47. The molecule has 6 heterocycles. The number of carbonyl (C=O) groups is 1. The summed E-state index contributed by atoms with van der Waals surface area (Å²) in [4.78, 5) is 25.8. The van der Waals surface area contributed by atoms with Crippen LogP contribution in [0.15, 0.2) is 54.9 Å². The van der Waals surface area contributed by atoms with E-state index in [1.807, 2.05) is 41.6 Å². The maximum absolute atomic E-state index is 13.6. The summed E-state index contributed by atoms with van der Waals surface area (Å²) in [5.74, 6) is 1.53. The lowest BCUT2D eigenvalue weighted by atomic mass is 9.85. The molecule has 1 amide bonds. The van der Waals surface area contributed by atoms with E-state index in [2.05, 4.69) is 33.5 Å². The predicted octanol–water partition coefficient (Wildman–Crippen LogP) is 4.61. The number of carbonyl (C=O) groups excluding carboxylic acids is 1. The number of fused-ring (bicyclic) bond motifs is 3. The Morgan fingerprint density at radius 1 is 0.930 bits per heavy atom. The van der Waals surface area contributed by atoms with Gasteiger partial charge in [0.2, 0.25) is 5.82 Å². The SMILES string of the molecule is COc1nnc(C(=O)N2[C@@H]3CC[C@H]2C[C@@H](c2nc4c(-c5ccc(-c6ccccc6)nc5)cnn4c(N)c2C2CC2)C3)n1C. The van der Waals surface area contributed by atoms with Gasteiger partial charge < -0.3 is 15.4 Å². The molecule has 3 fully saturated rings. The van der Waals surface area contributed by atoms with Gasteiger partial charge in [-0.15, -0.1) is 5.10 Å². The molecular weight excluding hydrogens is 542 g/mol. The number of rotatable bonds is 6. The van der Waals surface area contributed by atoms with Crippen LogP contribution >= 0.6 is 0 Å². The monoisotopic (exact) mass is 575 g/mol. The van der Waals surface area contributed by atoms with E-state index in [1.165, 1.54) is 7.11 Å². The lowest BCUT2D eigenvalue weighted by molar-refractivity contribution is 0.0551. The number of benzene rings is 1. The number of nitrogens with zero attached hydrogens (tertiary/aromatic N) is 8. The minimum atomic E-state index is -0.0842. The summed E-state index contributed by atoms with van der Waals surface area (Å²) in [6, 6.07) is 14.8. The van der Waals surface area contributed by atoms with Crippen molar-refractivity contribution in [1.82, 2.24) is 39.2 Å². The minimum absolute atomic E-state index is 0.0842. The molecule has 218 valence electrons. The van der Waals surface area contributed by atoms with Gasteiger partial charge >= 0.3 is 6.01 Å². The molecule has 2 saturated heterocycles. The third kappa shape index (κ3) is 4.16. The first-order valence-corrected chi connectivity index (χ1v) is 15.0. The summed E-state index contributed by atoms with van der Waals surface area (Å²) >= 11 is 0. The van der Waals surface area contributed by atoms with Gasteiger partial charge in [0.25, 0.3) is 5.91 Å². The first-order valence-electron chi connectivity index (χ1n) is 15.0. The Kier molecular flexibility index (Phi) is 5.95. The van der Waals surface area contributed by atoms with E-state index < -0.39 is 0 Å². The first-order chi connectivity index (χ1) is 21.0. The molecule has 4 aromatic heterocycles. The standard InChI is InChI=1S/C32H33N9O2/c1-39-30(37-38-32(39)43-2)31(42)40-22-11-12-23(40)15-21(14-22)27-26(19-8-9-19)28(33)41-29(36-27)24(17-35-41)20-10-13-25(34-16-20)18-6-4-3-5-7-18/h3-7,10,13,16-17,19,21-23H,8-9,11-12,14-15,33H2,1-2H3/t21-,22+,23-. The molecule has 11 heteroatoms. The minimum Gasteiger partial charge on any atom is -0.467 e. The van der Waals surface area contributed by atoms with E-state index in [4.69, 9.17) is 20.4 Å². The molecule has 3 aliphatic rings. The molecule has 2 bridgehead atoms. The summed E-state index contributed by atoms with van der Waals surface area (Å²) in [6.07, 6.45) is 9.58. The number of nitrogens with two attached hydrogens (primary N) is 1. The molecule has 1 aromatic carbocycles. The number of hydrogen-bond donors (Lipinski definition) is 1. The Balaban J connectivity index is 1.14. The Hall–Kier alpha value is -4.80. The molecule has 1 aliphatic carbocycles. The quantitative estimate of drug-likeness (QED) is 0.311. The van der Waals surface area contributed by atoms with E-state index in [9.17, 15) is 4.79 Å². The number of ether oxygens (including phenoxy) is 1. The largest absolute Gasteiger partial charge is 0.467 e. The Morgan fingerprint density at radius 3 is 2.35 bits per heavy atom. The molecule has 0 radical (unpaired) electrons. The maximum Gasteiger partial charge on any atom is 0.316 e. The fourth-order valence-corrected chi connectivity index (χ4v) is 7.21. The van der Waals surface area contributed by atoms with Crippen molar-refractivity contribution in [3.05, 3.63) is 71.9 Å². The highest BCUT2D eigenvalue weighted by Crippen LogP contribution is 2.50. The lowest BCUT2D eigenvalue weighted by Crippen LogP contribution is -2.47. The number of anilines is 1. The normalized spacial score (nSPS) is 21.4. The summed E-state index contributed by atoms with van der Waals surface area (Å²) in [7, 11) is 3.29. The van der Waals surface area contributed by atoms with Gasteiger partial charge in [-0.1, -0.05) is 41.5 Å². The van der Waals surface area contributed by atoms with Crippen molar-refractivity contribution in [1.29, 1.82) is 0 Å². The van der Waals surface area contributed by atoms with Gasteiger partial charge in [0.05, 0.1) is 24.7 Å². The van der Waals surface area contributed by atoms with E-state index in [0.29, 0.717) is 23.6 Å². The van der Waals surface area contributed by atoms with Crippen LogP contribution in [0.5, 0.6) is 6.01 Å². The van der Waals surface area contributed by atoms with Crippen LogP contribution in [0.1, 0.15) is 72.2 Å². The van der Waals surface area contributed by atoms with Crippen molar-refractivity contribution < 1.29 is 9.53 Å². The first kappa shape index (κ1) is 25.9. The fraction of sp³-hybridized carbons (Fsp3) is 0.375. The zero-order valence-corrected chi connectivity index (χ0v) is 24.2. The zero-order valence-electron chi connectivity index (χ0n) is 24.2. The fourth-order valence-electron chi connectivity index (χ4n) is 7.21. The maximum atomic E-state index is 13.6. The van der Waals surface area contributed by atoms with Crippen LogP contribution in [0.4, 0.5) is 5.82 Å². The van der Waals surface area contributed by atoms with Gasteiger partial charge in [0, 0.05) is 53.5 Å². The second kappa shape index (κ2) is 9.89. The predicted molar refractivity (Wildman–Crippen MR) is 161 cm³/mol. The summed E-state index contributed by atoms with van der Waals surface area (Å²) in [6.45, 7) is 0. The second-order valence-electron chi connectivity index (χ2n) is 12.0. The van der Waals surface area contributed by atoms with Crippen LogP contribution in [-0.2, 0) is 7.05 Å². The van der Waals surface area contributed by atoms with Crippen molar-refractivity contribution >= 4 is 17.4 Å². The highest BCUT2D eigenvalue weighted by atomic mass is 16.5. The van der Waals surface area contributed by atoms with Gasteiger partial charge in [-0.2, -0.15) is 9.61 Å². The van der Waals surface area contributed by atoms with Crippen molar-refractivity contribution in [3.63, 3.8) is 0 Å². The molecule has 0 unspecified atom stereocenters. The van der Waals surface area contributed by atoms with E-state index in [-0.39, 0.29) is 23.9 Å². The van der Waals surface area contributed by atoms with Crippen molar-refractivity contribution in [3.8, 4) is 28.4 Å². The summed E-state index contributed by atoms with van der Waals surface area (Å²) in [5, 5.41) is 12.8. The van der Waals surface area contributed by atoms with Crippen LogP contribution in [0, 0.1) is 0 Å². The van der Waals surface area contributed by atoms with Gasteiger partial charge in [-0.25, -0.2) is 4.98 Å². The number of nitrogen functional groups attached to an aromatic ring is 1. The smallest absolute Gasteiger partial charge is 0.316 e. The lowest BCUT2D eigenvalue weighted by Gasteiger charge is -2.39. The number of aromatic nitrogens is 7. The Labute approximate surface area is 248 Å². The molecule has 2 aliphatic heterocycles. The molecule has 0 spiro atoms. The van der Waals surface area contributed by atoms with Crippen molar-refractivity contribution in [2.24, 2.45) is 7.05 Å². The molecule has 3 atom stereocenters. The molecule has 11 nitrogen and oxygen atoms in total. The Bertz CT molecular complexity index is 1830. The molecular formula is C32H33N9O2. The van der Waals surface area contributed by atoms with Crippen LogP contribution in [-0.4, -0.2) is 64.3 Å². The number of amides is 1. The Morgan fingerprint density at radius 2 is 1.70 bits per heavy atom. The number of methoxy groups -OCH3 is 1. The second-order valence-corrected chi connectivity index (χ2v) is 12.0. The van der Waals surface area contributed by atoms with Gasteiger partial charge in [-0.05, 0) is 50.5 Å². The number of pyridine rings is 1. The third-order valence-corrected chi connectivity index (χ3v) is 9.44. The molecule has 5 aromatic rings. The molecule has 2 N–H and O–H groups in total. The molecule has 43 heavy (non-hydrogen) atoms. The van der Waals surface area contributed by atoms with Gasteiger partial charge in [0.15, 0.2) is 5.65 Å².